The molecule has 6 heteroatoms. The van der Waals surface area contributed by atoms with E-state index in [1.807, 2.05) is 39.0 Å². The number of hydrogen-bond acceptors (Lipinski definition) is 4. The summed E-state index contributed by atoms with van der Waals surface area (Å²) in [5.41, 5.74) is 0.759. The summed E-state index contributed by atoms with van der Waals surface area (Å²) in [5, 5.41) is 7.44. The number of nitrogens with one attached hydrogen (secondary N) is 1. The van der Waals surface area contributed by atoms with Gasteiger partial charge in [-0.2, -0.15) is 5.10 Å². The molecule has 6 nitrogen and oxygen atoms in total. The van der Waals surface area contributed by atoms with Crippen molar-refractivity contribution in [1.82, 2.24) is 20.1 Å². The summed E-state index contributed by atoms with van der Waals surface area (Å²) >= 11 is 0. The number of aromatic nitrogens is 3. The van der Waals surface area contributed by atoms with Gasteiger partial charge >= 0.3 is 6.09 Å². The lowest BCUT2D eigenvalue weighted by Gasteiger charge is -2.32. The monoisotopic (exact) mass is 342 g/mol. The molecule has 2 aromatic rings. The van der Waals surface area contributed by atoms with Crippen LogP contribution in [0.3, 0.4) is 0 Å². The lowest BCUT2D eigenvalue weighted by atomic mass is 9.96. The number of aromatic amines is 1. The highest BCUT2D eigenvalue weighted by Crippen LogP contribution is 2.26. The Kier molecular flexibility index (Phi) is 5.06. The Morgan fingerprint density at radius 3 is 2.56 bits per heavy atom. The molecule has 1 amide bonds. The van der Waals surface area contributed by atoms with Crippen LogP contribution >= 0.6 is 0 Å². The van der Waals surface area contributed by atoms with Gasteiger partial charge in [0.2, 0.25) is 0 Å². The fourth-order valence-corrected chi connectivity index (χ4v) is 3.01. The Hall–Kier alpha value is -2.37. The summed E-state index contributed by atoms with van der Waals surface area (Å²) in [6, 6.07) is 10.2. The fourth-order valence-electron chi connectivity index (χ4n) is 3.01. The van der Waals surface area contributed by atoms with Crippen LogP contribution in [0, 0.1) is 0 Å². The van der Waals surface area contributed by atoms with Crippen molar-refractivity contribution in [1.29, 1.82) is 0 Å². The summed E-state index contributed by atoms with van der Waals surface area (Å²) in [6.07, 6.45) is 2.25. The largest absolute Gasteiger partial charge is 0.444 e. The predicted molar refractivity (Wildman–Crippen MR) is 95.4 cm³/mol. The molecule has 25 heavy (non-hydrogen) atoms. The third-order valence-electron chi connectivity index (χ3n) is 4.28. The number of benzene rings is 1. The van der Waals surface area contributed by atoms with Gasteiger partial charge in [0.1, 0.15) is 11.4 Å². The van der Waals surface area contributed by atoms with Crippen LogP contribution in [-0.4, -0.2) is 44.9 Å². The topological polar surface area (TPSA) is 71.1 Å². The van der Waals surface area contributed by atoms with E-state index in [9.17, 15) is 4.79 Å². The standard InChI is InChI=1S/C19H26N4O2/c1-19(2,3)25-18(24)23-11-9-15(10-12-23)17-20-16(21-22-17)13-14-7-5-4-6-8-14/h4-8,15H,9-13H2,1-3H3,(H,20,21,22). The van der Waals surface area contributed by atoms with Crippen molar-refractivity contribution in [3.63, 3.8) is 0 Å². The number of likely N-dealkylation sites (tertiary alicyclic amines) is 1. The minimum absolute atomic E-state index is 0.231. The Morgan fingerprint density at radius 2 is 1.92 bits per heavy atom. The lowest BCUT2D eigenvalue weighted by Crippen LogP contribution is -2.41. The molecule has 1 aromatic heterocycles. The van der Waals surface area contributed by atoms with E-state index < -0.39 is 5.60 Å². The van der Waals surface area contributed by atoms with Crippen LogP contribution in [-0.2, 0) is 11.2 Å². The van der Waals surface area contributed by atoms with Crippen LogP contribution in [0.1, 0.15) is 56.7 Å². The maximum atomic E-state index is 12.1. The molecule has 1 aliphatic heterocycles. The number of carbonyl (C=O) groups excluding carboxylic acids is 1. The second kappa shape index (κ2) is 7.25. The van der Waals surface area contributed by atoms with E-state index >= 15 is 0 Å². The van der Waals surface area contributed by atoms with Gasteiger partial charge in [0, 0.05) is 25.4 Å². The van der Waals surface area contributed by atoms with E-state index in [2.05, 4.69) is 27.3 Å². The third-order valence-corrected chi connectivity index (χ3v) is 4.28. The number of amides is 1. The molecule has 1 N–H and O–H groups in total. The quantitative estimate of drug-likeness (QED) is 0.926. The highest BCUT2D eigenvalue weighted by atomic mass is 16.6. The molecule has 0 spiro atoms. The molecule has 0 aliphatic carbocycles. The summed E-state index contributed by atoms with van der Waals surface area (Å²) in [4.78, 5) is 18.6. The van der Waals surface area contributed by atoms with Crippen LogP contribution in [0.2, 0.25) is 0 Å². The minimum atomic E-state index is -0.454. The molecule has 1 aliphatic rings. The number of hydrogen-bond donors (Lipinski definition) is 1. The number of nitrogens with zero attached hydrogens (tertiary/aromatic N) is 3. The van der Waals surface area contributed by atoms with E-state index in [1.165, 1.54) is 5.56 Å². The molecule has 0 saturated carbocycles. The van der Waals surface area contributed by atoms with Gasteiger partial charge in [-0.1, -0.05) is 30.3 Å². The van der Waals surface area contributed by atoms with Crippen molar-refractivity contribution in [2.75, 3.05) is 13.1 Å². The van der Waals surface area contributed by atoms with Gasteiger partial charge in [0.25, 0.3) is 0 Å². The SMILES string of the molecule is CC(C)(C)OC(=O)N1CCC(c2n[nH]c(Cc3ccccc3)n2)CC1. The molecule has 0 atom stereocenters. The van der Waals surface area contributed by atoms with Crippen molar-refractivity contribution >= 4 is 6.09 Å². The van der Waals surface area contributed by atoms with Crippen molar-refractivity contribution < 1.29 is 9.53 Å². The Bertz CT molecular complexity index is 698. The second-order valence-corrected chi connectivity index (χ2v) is 7.54. The van der Waals surface area contributed by atoms with Crippen molar-refractivity contribution in [2.24, 2.45) is 0 Å². The van der Waals surface area contributed by atoms with E-state index in [0.717, 1.165) is 30.9 Å². The van der Waals surface area contributed by atoms with E-state index in [0.29, 0.717) is 19.0 Å². The van der Waals surface area contributed by atoms with Gasteiger partial charge in [0.15, 0.2) is 5.82 Å². The van der Waals surface area contributed by atoms with Crippen molar-refractivity contribution in [2.45, 2.75) is 51.6 Å². The Labute approximate surface area is 148 Å². The molecule has 1 saturated heterocycles. The first-order chi connectivity index (χ1) is 11.9. The second-order valence-electron chi connectivity index (χ2n) is 7.54. The number of piperidine rings is 1. The molecular formula is C19H26N4O2. The molecule has 0 unspecified atom stereocenters. The molecular weight excluding hydrogens is 316 g/mol. The average Bonchev–Trinajstić information content (AvgIpc) is 3.03. The zero-order chi connectivity index (χ0) is 17.9. The number of ether oxygens (including phenoxy) is 1. The smallest absolute Gasteiger partial charge is 0.410 e. The van der Waals surface area contributed by atoms with Gasteiger partial charge in [0.05, 0.1) is 0 Å². The van der Waals surface area contributed by atoms with Gasteiger partial charge in [-0.3, -0.25) is 5.10 Å². The minimum Gasteiger partial charge on any atom is -0.444 e. The van der Waals surface area contributed by atoms with Crippen molar-refractivity contribution in [3.05, 3.63) is 47.5 Å². The molecule has 2 heterocycles. The van der Waals surface area contributed by atoms with E-state index in [1.54, 1.807) is 4.90 Å². The first-order valence-corrected chi connectivity index (χ1v) is 8.84. The Morgan fingerprint density at radius 1 is 1.24 bits per heavy atom. The van der Waals surface area contributed by atoms with Gasteiger partial charge < -0.3 is 9.64 Å². The molecule has 1 aromatic carbocycles. The summed E-state index contributed by atoms with van der Waals surface area (Å²) in [6.45, 7) is 7.03. The fraction of sp³-hybridized carbons (Fsp3) is 0.526. The third kappa shape index (κ3) is 4.81. The predicted octanol–water partition coefficient (Wildman–Crippen LogP) is 3.51. The van der Waals surface area contributed by atoms with Gasteiger partial charge in [-0.05, 0) is 39.2 Å². The van der Waals surface area contributed by atoms with Crippen LogP contribution in [0.5, 0.6) is 0 Å². The van der Waals surface area contributed by atoms with E-state index in [4.69, 9.17) is 4.74 Å². The summed E-state index contributed by atoms with van der Waals surface area (Å²) in [5.74, 6) is 2.03. The van der Waals surface area contributed by atoms with Crippen LogP contribution in [0.4, 0.5) is 4.79 Å². The average molecular weight is 342 g/mol. The van der Waals surface area contributed by atoms with Crippen LogP contribution in [0.25, 0.3) is 0 Å². The maximum absolute atomic E-state index is 12.1. The summed E-state index contributed by atoms with van der Waals surface area (Å²) < 4.78 is 5.44. The van der Waals surface area contributed by atoms with Crippen LogP contribution < -0.4 is 0 Å². The molecule has 3 rings (SSSR count). The maximum Gasteiger partial charge on any atom is 0.410 e. The lowest BCUT2D eigenvalue weighted by molar-refractivity contribution is 0.0203. The molecule has 0 radical (unpaired) electrons. The molecule has 0 bridgehead atoms. The molecule has 1 fully saturated rings. The first-order valence-electron chi connectivity index (χ1n) is 8.84. The first kappa shape index (κ1) is 17.5. The van der Waals surface area contributed by atoms with Gasteiger partial charge in [-0.25, -0.2) is 9.78 Å². The van der Waals surface area contributed by atoms with E-state index in [-0.39, 0.29) is 6.09 Å². The highest BCUT2D eigenvalue weighted by molar-refractivity contribution is 5.68. The number of rotatable bonds is 3. The normalized spacial score (nSPS) is 16.0. The van der Waals surface area contributed by atoms with Gasteiger partial charge in [-0.15, -0.1) is 0 Å². The van der Waals surface area contributed by atoms with Crippen molar-refractivity contribution in [3.8, 4) is 0 Å². The number of H-pyrrole nitrogens is 1. The molecule has 134 valence electrons. The zero-order valence-electron chi connectivity index (χ0n) is 15.2. The number of carbonyl (C=O) groups is 1. The Balaban J connectivity index is 1.54. The summed E-state index contributed by atoms with van der Waals surface area (Å²) in [7, 11) is 0. The highest BCUT2D eigenvalue weighted by Gasteiger charge is 2.29. The zero-order valence-corrected chi connectivity index (χ0v) is 15.2. The van der Waals surface area contributed by atoms with Crippen LogP contribution in [0.15, 0.2) is 30.3 Å².